The predicted molar refractivity (Wildman–Crippen MR) is 91.7 cm³/mol. The third-order valence-electron chi connectivity index (χ3n) is 3.57. The van der Waals surface area contributed by atoms with E-state index in [9.17, 15) is 14.2 Å². The lowest BCUT2D eigenvalue weighted by Crippen LogP contribution is -2.22. The van der Waals surface area contributed by atoms with Gasteiger partial charge >= 0.3 is 5.97 Å². The van der Waals surface area contributed by atoms with Gasteiger partial charge in [-0.1, -0.05) is 25.1 Å². The third kappa shape index (κ3) is 4.15. The summed E-state index contributed by atoms with van der Waals surface area (Å²) in [6.45, 7) is 5.37. The molecule has 24 heavy (non-hydrogen) atoms. The number of amides is 1. The molecule has 0 fully saturated rings. The molecule has 2 N–H and O–H groups in total. The van der Waals surface area contributed by atoms with Crippen LogP contribution in [0.2, 0.25) is 0 Å². The average Bonchev–Trinajstić information content (AvgIpc) is 2.97. The van der Waals surface area contributed by atoms with Gasteiger partial charge in [0.05, 0.1) is 0 Å². The molecule has 0 atom stereocenters. The summed E-state index contributed by atoms with van der Waals surface area (Å²) in [7, 11) is -2.37. The van der Waals surface area contributed by atoms with E-state index in [1.54, 1.807) is 38.5 Å². The molecule has 7 heteroatoms. The van der Waals surface area contributed by atoms with Gasteiger partial charge in [-0.25, -0.2) is 4.79 Å². The smallest absolute Gasteiger partial charge is 0.339 e. The second-order valence-corrected chi connectivity index (χ2v) is 9.03. The SMILES string of the molecule is CCc1oc(C(=O)NCc2cccc(P(C)(C)=O)c2)cc1C(=O)O. The zero-order valence-corrected chi connectivity index (χ0v) is 14.7. The summed E-state index contributed by atoms with van der Waals surface area (Å²) in [5.74, 6) is -1.37. The predicted octanol–water partition coefficient (Wildman–Crippen LogP) is 2.72. The molecule has 1 aromatic heterocycles. The minimum atomic E-state index is -2.37. The van der Waals surface area contributed by atoms with Crippen molar-refractivity contribution in [3.63, 3.8) is 0 Å². The summed E-state index contributed by atoms with van der Waals surface area (Å²) >= 11 is 0. The largest absolute Gasteiger partial charge is 0.478 e. The van der Waals surface area contributed by atoms with Gasteiger partial charge in [0.25, 0.3) is 5.91 Å². The van der Waals surface area contributed by atoms with Crippen molar-refractivity contribution >= 4 is 24.3 Å². The molecule has 2 aromatic rings. The van der Waals surface area contributed by atoms with Crippen LogP contribution in [-0.4, -0.2) is 30.3 Å². The first kappa shape index (κ1) is 18.0. The summed E-state index contributed by atoms with van der Waals surface area (Å²) < 4.78 is 17.4. The standard InChI is InChI=1S/C17H20NO5P/c1-4-14-13(17(20)21)9-15(23-14)16(19)18-10-11-6-5-7-12(8-11)24(2,3)22/h5-9H,4,10H2,1-3H3,(H,18,19)(H,20,21). The van der Waals surface area contributed by atoms with Crippen LogP contribution in [0.25, 0.3) is 0 Å². The van der Waals surface area contributed by atoms with E-state index >= 15 is 0 Å². The van der Waals surface area contributed by atoms with Crippen molar-refractivity contribution in [2.75, 3.05) is 13.3 Å². The number of carbonyl (C=O) groups is 2. The molecule has 0 saturated carbocycles. The van der Waals surface area contributed by atoms with E-state index in [0.717, 1.165) is 10.9 Å². The fourth-order valence-electron chi connectivity index (χ4n) is 2.26. The number of hydrogen-bond acceptors (Lipinski definition) is 4. The van der Waals surface area contributed by atoms with Gasteiger partial charge in [-0.05, 0) is 25.0 Å². The second kappa shape index (κ2) is 7.05. The monoisotopic (exact) mass is 349 g/mol. The number of carbonyl (C=O) groups excluding carboxylic acids is 1. The minimum Gasteiger partial charge on any atom is -0.478 e. The Balaban J connectivity index is 2.11. The number of carboxylic acids is 1. The van der Waals surface area contributed by atoms with E-state index in [2.05, 4.69) is 5.32 Å². The maximum absolute atomic E-state index is 12.2. The van der Waals surface area contributed by atoms with E-state index in [-0.39, 0.29) is 23.6 Å². The molecule has 0 aliphatic heterocycles. The molecule has 0 spiro atoms. The minimum absolute atomic E-state index is 0.00236. The fraction of sp³-hybridized carbons (Fsp3) is 0.294. The normalized spacial score (nSPS) is 11.3. The first-order valence-electron chi connectivity index (χ1n) is 7.51. The van der Waals surface area contributed by atoms with Gasteiger partial charge in [-0.3, -0.25) is 4.79 Å². The van der Waals surface area contributed by atoms with Crippen LogP contribution in [0.5, 0.6) is 0 Å². The van der Waals surface area contributed by atoms with Crippen molar-refractivity contribution in [3.05, 3.63) is 53.0 Å². The highest BCUT2D eigenvalue weighted by atomic mass is 31.2. The van der Waals surface area contributed by atoms with Crippen molar-refractivity contribution in [1.82, 2.24) is 5.32 Å². The number of aromatic carboxylic acids is 1. The number of nitrogens with one attached hydrogen (secondary N) is 1. The molecule has 0 radical (unpaired) electrons. The molecule has 0 aliphatic rings. The Morgan fingerprint density at radius 1 is 1.25 bits per heavy atom. The van der Waals surface area contributed by atoms with Crippen molar-refractivity contribution in [1.29, 1.82) is 0 Å². The molecule has 0 bridgehead atoms. The van der Waals surface area contributed by atoms with E-state index in [4.69, 9.17) is 9.52 Å². The summed E-state index contributed by atoms with van der Waals surface area (Å²) in [5, 5.41) is 12.5. The van der Waals surface area contributed by atoms with Crippen LogP contribution in [0.1, 0.15) is 39.2 Å². The molecule has 1 aromatic carbocycles. The third-order valence-corrected chi connectivity index (χ3v) is 5.09. The quantitative estimate of drug-likeness (QED) is 0.782. The Labute approximate surface area is 140 Å². The van der Waals surface area contributed by atoms with Gasteiger partial charge < -0.3 is 19.4 Å². The van der Waals surface area contributed by atoms with Crippen LogP contribution < -0.4 is 10.6 Å². The van der Waals surface area contributed by atoms with Gasteiger partial charge in [0.15, 0.2) is 5.76 Å². The Hall–Kier alpha value is -2.33. The molecule has 2 rings (SSSR count). The highest BCUT2D eigenvalue weighted by molar-refractivity contribution is 7.70. The average molecular weight is 349 g/mol. The highest BCUT2D eigenvalue weighted by Gasteiger charge is 2.20. The van der Waals surface area contributed by atoms with Crippen LogP contribution in [0.15, 0.2) is 34.7 Å². The lowest BCUT2D eigenvalue weighted by atomic mass is 10.2. The Bertz CT molecular complexity index is 818. The van der Waals surface area contributed by atoms with Crippen LogP contribution in [-0.2, 0) is 17.5 Å². The Morgan fingerprint density at radius 2 is 1.96 bits per heavy atom. The summed E-state index contributed by atoms with van der Waals surface area (Å²) in [5.41, 5.74) is 0.813. The van der Waals surface area contributed by atoms with Crippen molar-refractivity contribution in [3.8, 4) is 0 Å². The van der Waals surface area contributed by atoms with Crippen LogP contribution in [0, 0.1) is 0 Å². The van der Waals surface area contributed by atoms with Crippen LogP contribution in [0.4, 0.5) is 0 Å². The van der Waals surface area contributed by atoms with Gasteiger partial charge in [0.2, 0.25) is 0 Å². The van der Waals surface area contributed by atoms with Crippen molar-refractivity contribution in [2.24, 2.45) is 0 Å². The zero-order chi connectivity index (χ0) is 17.9. The molecular formula is C17H20NO5P. The Morgan fingerprint density at radius 3 is 2.50 bits per heavy atom. The lowest BCUT2D eigenvalue weighted by molar-refractivity contribution is 0.0694. The number of rotatable bonds is 6. The molecule has 0 unspecified atom stereocenters. The molecule has 1 amide bonds. The number of hydrogen-bond donors (Lipinski definition) is 2. The second-order valence-electron chi connectivity index (χ2n) is 5.81. The molecular weight excluding hydrogens is 329 g/mol. The van der Waals surface area contributed by atoms with E-state index in [0.29, 0.717) is 6.42 Å². The molecule has 1 heterocycles. The molecule has 0 saturated heterocycles. The lowest BCUT2D eigenvalue weighted by Gasteiger charge is -2.09. The molecule has 6 nitrogen and oxygen atoms in total. The summed E-state index contributed by atoms with van der Waals surface area (Å²) in [6.07, 6.45) is 0.388. The maximum atomic E-state index is 12.2. The maximum Gasteiger partial charge on any atom is 0.339 e. The van der Waals surface area contributed by atoms with Gasteiger partial charge in [-0.15, -0.1) is 0 Å². The zero-order valence-electron chi connectivity index (χ0n) is 13.8. The summed E-state index contributed by atoms with van der Waals surface area (Å²) in [4.78, 5) is 23.3. The van der Waals surface area contributed by atoms with Gasteiger partial charge in [-0.2, -0.15) is 0 Å². The van der Waals surface area contributed by atoms with E-state index in [1.165, 1.54) is 6.07 Å². The van der Waals surface area contributed by atoms with Crippen molar-refractivity contribution < 1.29 is 23.7 Å². The van der Waals surface area contributed by atoms with E-state index in [1.807, 2.05) is 6.07 Å². The first-order chi connectivity index (χ1) is 11.2. The number of aryl methyl sites for hydroxylation is 1. The topological polar surface area (TPSA) is 96.6 Å². The fourth-order valence-corrected chi connectivity index (χ4v) is 3.18. The highest BCUT2D eigenvalue weighted by Crippen LogP contribution is 2.34. The molecule has 128 valence electrons. The first-order valence-corrected chi connectivity index (χ1v) is 10.1. The summed E-state index contributed by atoms with van der Waals surface area (Å²) in [6, 6.07) is 8.44. The van der Waals surface area contributed by atoms with E-state index < -0.39 is 19.0 Å². The van der Waals surface area contributed by atoms with Gasteiger partial charge in [0, 0.05) is 24.3 Å². The van der Waals surface area contributed by atoms with Gasteiger partial charge in [0.1, 0.15) is 18.5 Å². The Kier molecular flexibility index (Phi) is 5.30. The number of furan rings is 1. The molecule has 0 aliphatic carbocycles. The number of benzene rings is 1. The number of carboxylic acid groups (broad SMARTS) is 1. The van der Waals surface area contributed by atoms with Crippen LogP contribution >= 0.6 is 7.14 Å². The van der Waals surface area contributed by atoms with Crippen molar-refractivity contribution in [2.45, 2.75) is 19.9 Å². The van der Waals surface area contributed by atoms with Crippen LogP contribution in [0.3, 0.4) is 0 Å².